The van der Waals surface area contributed by atoms with Gasteiger partial charge in [-0.15, -0.1) is 0 Å². The predicted octanol–water partition coefficient (Wildman–Crippen LogP) is 2.47. The zero-order valence-electron chi connectivity index (χ0n) is 11.1. The Morgan fingerprint density at radius 2 is 1.14 bits per heavy atom. The van der Waals surface area contributed by atoms with E-state index in [4.69, 9.17) is 10.5 Å². The normalized spacial score (nSPS) is 10.6. The molecule has 4 rings (SSSR count). The SMILES string of the molecule is N#Cc1nc2c3cccnc3c3ncccc3c2nc1C#N. The number of benzene rings is 1. The number of aromatic nitrogens is 4. The van der Waals surface area contributed by atoms with Crippen LogP contribution in [0.4, 0.5) is 0 Å². The first-order chi connectivity index (χ1) is 10.8. The third-order valence-electron chi connectivity index (χ3n) is 3.46. The average Bonchev–Trinajstić information content (AvgIpc) is 2.60. The molecule has 0 radical (unpaired) electrons. The summed E-state index contributed by atoms with van der Waals surface area (Å²) in [5, 5.41) is 19.8. The molecule has 6 heteroatoms. The van der Waals surface area contributed by atoms with Crippen molar-refractivity contribution in [2.24, 2.45) is 0 Å². The molecule has 22 heavy (non-hydrogen) atoms. The summed E-state index contributed by atoms with van der Waals surface area (Å²) < 4.78 is 0. The lowest BCUT2D eigenvalue weighted by Gasteiger charge is -2.07. The second-order valence-electron chi connectivity index (χ2n) is 4.64. The van der Waals surface area contributed by atoms with E-state index in [0.717, 1.165) is 10.8 Å². The van der Waals surface area contributed by atoms with Gasteiger partial charge < -0.3 is 0 Å². The molecule has 0 fully saturated rings. The predicted molar refractivity (Wildman–Crippen MR) is 79.6 cm³/mol. The van der Waals surface area contributed by atoms with Crippen LogP contribution in [0.3, 0.4) is 0 Å². The van der Waals surface area contributed by atoms with Crippen LogP contribution in [0.15, 0.2) is 36.7 Å². The Labute approximate surface area is 124 Å². The Bertz CT molecular complexity index is 1060. The summed E-state index contributed by atoms with van der Waals surface area (Å²) in [6.45, 7) is 0. The smallest absolute Gasteiger partial charge is 0.177 e. The number of fused-ring (bicyclic) bond motifs is 6. The summed E-state index contributed by atoms with van der Waals surface area (Å²) in [5.41, 5.74) is 2.55. The molecule has 0 aliphatic rings. The van der Waals surface area contributed by atoms with Gasteiger partial charge in [0.25, 0.3) is 0 Å². The molecule has 0 amide bonds. The van der Waals surface area contributed by atoms with Crippen molar-refractivity contribution in [3.8, 4) is 12.1 Å². The lowest BCUT2D eigenvalue weighted by atomic mass is 10.1. The molecule has 0 saturated heterocycles. The van der Waals surface area contributed by atoms with Gasteiger partial charge in [-0.25, -0.2) is 9.97 Å². The van der Waals surface area contributed by atoms with Crippen molar-refractivity contribution in [1.29, 1.82) is 10.5 Å². The van der Waals surface area contributed by atoms with Crippen molar-refractivity contribution in [3.05, 3.63) is 48.0 Å². The van der Waals surface area contributed by atoms with Crippen LogP contribution in [0.5, 0.6) is 0 Å². The highest BCUT2D eigenvalue weighted by Crippen LogP contribution is 2.30. The second-order valence-corrected chi connectivity index (χ2v) is 4.64. The third kappa shape index (κ3) is 1.52. The molecule has 0 atom stereocenters. The third-order valence-corrected chi connectivity index (χ3v) is 3.46. The highest BCUT2D eigenvalue weighted by molar-refractivity contribution is 6.20. The van der Waals surface area contributed by atoms with Crippen LogP contribution in [-0.2, 0) is 0 Å². The minimum Gasteiger partial charge on any atom is -0.254 e. The van der Waals surface area contributed by atoms with Crippen LogP contribution in [0.1, 0.15) is 11.4 Å². The largest absolute Gasteiger partial charge is 0.254 e. The van der Waals surface area contributed by atoms with E-state index in [1.54, 1.807) is 24.5 Å². The van der Waals surface area contributed by atoms with Gasteiger partial charge in [0, 0.05) is 23.2 Å². The average molecular weight is 282 g/mol. The molecule has 3 heterocycles. The monoisotopic (exact) mass is 282 g/mol. The highest BCUT2D eigenvalue weighted by atomic mass is 14.8. The van der Waals surface area contributed by atoms with Crippen molar-refractivity contribution in [2.75, 3.05) is 0 Å². The number of hydrogen-bond donors (Lipinski definition) is 0. The fraction of sp³-hybridized carbons (Fsp3) is 0. The molecule has 0 spiro atoms. The van der Waals surface area contributed by atoms with Gasteiger partial charge in [-0.1, -0.05) is 0 Å². The standard InChI is InChI=1S/C16H6N6/c17-7-11-12(8-18)22-16-10-4-2-6-20-14(10)13-9(15(16)21-11)3-1-5-19-13/h1-6H. The van der Waals surface area contributed by atoms with E-state index in [-0.39, 0.29) is 11.4 Å². The van der Waals surface area contributed by atoms with Gasteiger partial charge in [-0.3, -0.25) is 9.97 Å². The molecule has 0 aliphatic carbocycles. The zero-order valence-corrected chi connectivity index (χ0v) is 11.1. The van der Waals surface area contributed by atoms with Crippen molar-refractivity contribution in [1.82, 2.24) is 19.9 Å². The summed E-state index contributed by atoms with van der Waals surface area (Å²) in [6, 6.07) is 11.2. The topological polar surface area (TPSA) is 99.1 Å². The van der Waals surface area contributed by atoms with E-state index in [0.29, 0.717) is 22.1 Å². The maximum absolute atomic E-state index is 9.16. The van der Waals surface area contributed by atoms with Crippen LogP contribution in [-0.4, -0.2) is 19.9 Å². The molecule has 4 aromatic rings. The maximum Gasteiger partial charge on any atom is 0.177 e. The quantitative estimate of drug-likeness (QED) is 0.459. The molecular weight excluding hydrogens is 276 g/mol. The molecular formula is C16H6N6. The van der Waals surface area contributed by atoms with Gasteiger partial charge >= 0.3 is 0 Å². The first-order valence-electron chi connectivity index (χ1n) is 6.47. The highest BCUT2D eigenvalue weighted by Gasteiger charge is 2.15. The van der Waals surface area contributed by atoms with Crippen LogP contribution in [0, 0.1) is 22.7 Å². The fourth-order valence-corrected chi connectivity index (χ4v) is 2.54. The van der Waals surface area contributed by atoms with Gasteiger partial charge in [0.2, 0.25) is 0 Å². The number of pyridine rings is 2. The number of rotatable bonds is 0. The first kappa shape index (κ1) is 12.1. The Balaban J connectivity index is 2.39. The number of nitrogens with zero attached hydrogens (tertiary/aromatic N) is 6. The first-order valence-corrected chi connectivity index (χ1v) is 6.47. The van der Waals surface area contributed by atoms with Crippen LogP contribution in [0.25, 0.3) is 32.8 Å². The fourth-order valence-electron chi connectivity index (χ4n) is 2.54. The van der Waals surface area contributed by atoms with E-state index in [1.165, 1.54) is 0 Å². The van der Waals surface area contributed by atoms with E-state index >= 15 is 0 Å². The molecule has 3 aromatic heterocycles. The Morgan fingerprint density at radius 1 is 0.682 bits per heavy atom. The van der Waals surface area contributed by atoms with Gasteiger partial charge in [-0.2, -0.15) is 10.5 Å². The van der Waals surface area contributed by atoms with E-state index in [1.807, 2.05) is 24.3 Å². The van der Waals surface area contributed by atoms with E-state index in [9.17, 15) is 0 Å². The minimum absolute atomic E-state index is 0.0170. The molecule has 0 unspecified atom stereocenters. The summed E-state index contributed by atoms with van der Waals surface area (Å²) in [7, 11) is 0. The van der Waals surface area contributed by atoms with Gasteiger partial charge in [0.15, 0.2) is 11.4 Å². The van der Waals surface area contributed by atoms with Crippen LogP contribution >= 0.6 is 0 Å². The van der Waals surface area contributed by atoms with Crippen LogP contribution in [0.2, 0.25) is 0 Å². The van der Waals surface area contributed by atoms with Gasteiger partial charge in [0.1, 0.15) is 23.2 Å². The van der Waals surface area contributed by atoms with Gasteiger partial charge in [-0.05, 0) is 24.3 Å². The summed E-state index contributed by atoms with van der Waals surface area (Å²) >= 11 is 0. The lowest BCUT2D eigenvalue weighted by molar-refractivity contribution is 1.20. The van der Waals surface area contributed by atoms with E-state index < -0.39 is 0 Å². The van der Waals surface area contributed by atoms with Crippen LogP contribution < -0.4 is 0 Å². The minimum atomic E-state index is 0.0170. The summed E-state index contributed by atoms with van der Waals surface area (Å²) in [4.78, 5) is 17.4. The molecule has 0 saturated carbocycles. The lowest BCUT2D eigenvalue weighted by Crippen LogP contribution is -1.98. The van der Waals surface area contributed by atoms with Gasteiger partial charge in [0.05, 0.1) is 11.0 Å². The maximum atomic E-state index is 9.16. The van der Waals surface area contributed by atoms with Crippen molar-refractivity contribution >= 4 is 32.8 Å². The summed E-state index contributed by atoms with van der Waals surface area (Å²) in [6.07, 6.45) is 3.37. The number of nitriles is 2. The van der Waals surface area contributed by atoms with Crippen molar-refractivity contribution in [2.45, 2.75) is 0 Å². The molecule has 0 N–H and O–H groups in total. The Hall–Kier alpha value is -3.64. The summed E-state index contributed by atoms with van der Waals surface area (Å²) in [5.74, 6) is 0. The number of hydrogen-bond acceptors (Lipinski definition) is 6. The van der Waals surface area contributed by atoms with E-state index in [2.05, 4.69) is 19.9 Å². The molecule has 1 aromatic carbocycles. The Kier molecular flexibility index (Phi) is 2.45. The van der Waals surface area contributed by atoms with Crippen molar-refractivity contribution < 1.29 is 0 Å². The molecule has 0 bridgehead atoms. The second kappa shape index (κ2) is 4.44. The molecule has 0 aliphatic heterocycles. The van der Waals surface area contributed by atoms with Crippen molar-refractivity contribution in [3.63, 3.8) is 0 Å². The molecule has 6 nitrogen and oxygen atoms in total. The zero-order chi connectivity index (χ0) is 15.1. The Morgan fingerprint density at radius 3 is 1.55 bits per heavy atom. The molecule has 100 valence electrons.